The second-order valence-corrected chi connectivity index (χ2v) is 9.93. The summed E-state index contributed by atoms with van der Waals surface area (Å²) in [6.45, 7) is 0.452. The molecule has 196 valence electrons. The average molecular weight is 532 g/mol. The molecule has 37 heavy (non-hydrogen) atoms. The van der Waals surface area contributed by atoms with E-state index in [9.17, 15) is 26.8 Å². The van der Waals surface area contributed by atoms with Crippen molar-refractivity contribution in [3.05, 3.63) is 90.0 Å². The Labute approximate surface area is 214 Å². The molecule has 2 amide bonds. The van der Waals surface area contributed by atoms with Gasteiger partial charge in [0, 0.05) is 19.2 Å². The standard InChI is InChI=1S/C26H27F2N3O5S/c1-18(26(33)29-2)30(16-19-6-4-5-7-24(19)28)25(32)17-31(21-10-8-20(27)9-11-21)37(34,35)23-14-12-22(36-3)13-15-23/h4-15,18H,16-17H2,1-3H3,(H,29,33). The van der Waals surface area contributed by atoms with Gasteiger partial charge in [0.05, 0.1) is 17.7 Å². The number of amides is 2. The molecule has 0 spiro atoms. The summed E-state index contributed by atoms with van der Waals surface area (Å²) < 4.78 is 61.2. The van der Waals surface area contributed by atoms with Crippen LogP contribution in [0.2, 0.25) is 0 Å². The van der Waals surface area contributed by atoms with E-state index in [0.717, 1.165) is 21.3 Å². The van der Waals surface area contributed by atoms with Gasteiger partial charge in [-0.15, -0.1) is 0 Å². The number of benzene rings is 3. The molecule has 11 heteroatoms. The third-order valence-electron chi connectivity index (χ3n) is 5.75. The van der Waals surface area contributed by atoms with E-state index < -0.39 is 46.1 Å². The lowest BCUT2D eigenvalue weighted by atomic mass is 10.1. The molecule has 0 saturated carbocycles. The zero-order valence-electron chi connectivity index (χ0n) is 20.5. The van der Waals surface area contributed by atoms with Crippen LogP contribution in [0.3, 0.4) is 0 Å². The first kappa shape index (κ1) is 27.6. The Balaban J connectivity index is 2.03. The molecule has 0 aromatic heterocycles. The van der Waals surface area contributed by atoms with E-state index in [1.165, 1.54) is 75.7 Å². The number of nitrogens with zero attached hydrogens (tertiary/aromatic N) is 2. The van der Waals surface area contributed by atoms with E-state index in [2.05, 4.69) is 5.32 Å². The van der Waals surface area contributed by atoms with E-state index in [0.29, 0.717) is 5.75 Å². The van der Waals surface area contributed by atoms with Crippen molar-refractivity contribution in [1.82, 2.24) is 10.2 Å². The van der Waals surface area contributed by atoms with Crippen LogP contribution in [0.4, 0.5) is 14.5 Å². The molecular weight excluding hydrogens is 504 g/mol. The predicted octanol–water partition coefficient (Wildman–Crippen LogP) is 3.33. The number of likely N-dealkylation sites (N-methyl/N-ethyl adjacent to an activating group) is 1. The molecule has 0 fully saturated rings. The van der Waals surface area contributed by atoms with Gasteiger partial charge in [0.15, 0.2) is 0 Å². The number of carbonyl (C=O) groups excluding carboxylic acids is 2. The van der Waals surface area contributed by atoms with Gasteiger partial charge in [0.2, 0.25) is 11.8 Å². The smallest absolute Gasteiger partial charge is 0.264 e. The lowest BCUT2D eigenvalue weighted by molar-refractivity contribution is -0.139. The van der Waals surface area contributed by atoms with Crippen molar-refractivity contribution >= 4 is 27.5 Å². The van der Waals surface area contributed by atoms with Gasteiger partial charge in [-0.3, -0.25) is 13.9 Å². The minimum absolute atomic E-state index is 0.0315. The number of sulfonamides is 1. The predicted molar refractivity (Wildman–Crippen MR) is 134 cm³/mol. The van der Waals surface area contributed by atoms with Crippen molar-refractivity contribution in [2.45, 2.75) is 24.4 Å². The highest BCUT2D eigenvalue weighted by Crippen LogP contribution is 2.26. The molecule has 0 aliphatic carbocycles. The molecular formula is C26H27F2N3O5S. The Morgan fingerprint density at radius 3 is 2.16 bits per heavy atom. The molecule has 0 aliphatic heterocycles. The number of hydrogen-bond acceptors (Lipinski definition) is 5. The van der Waals surface area contributed by atoms with Gasteiger partial charge < -0.3 is 15.0 Å². The summed E-state index contributed by atoms with van der Waals surface area (Å²) in [5.41, 5.74) is 0.182. The third-order valence-corrected chi connectivity index (χ3v) is 7.54. The van der Waals surface area contributed by atoms with E-state index in [-0.39, 0.29) is 22.7 Å². The van der Waals surface area contributed by atoms with Gasteiger partial charge in [-0.25, -0.2) is 17.2 Å². The second kappa shape index (κ2) is 11.8. The highest BCUT2D eigenvalue weighted by atomic mass is 32.2. The van der Waals surface area contributed by atoms with Crippen LogP contribution >= 0.6 is 0 Å². The van der Waals surface area contributed by atoms with Crippen LogP contribution < -0.4 is 14.4 Å². The van der Waals surface area contributed by atoms with Crippen LogP contribution in [-0.2, 0) is 26.2 Å². The number of nitrogens with one attached hydrogen (secondary N) is 1. The van der Waals surface area contributed by atoms with Crippen molar-refractivity contribution in [1.29, 1.82) is 0 Å². The maximum atomic E-state index is 14.4. The fraction of sp³-hybridized carbons (Fsp3) is 0.231. The van der Waals surface area contributed by atoms with Crippen LogP contribution in [0.15, 0.2) is 77.7 Å². The number of halogens is 2. The van der Waals surface area contributed by atoms with Crippen molar-refractivity contribution in [3.8, 4) is 5.75 Å². The van der Waals surface area contributed by atoms with Crippen LogP contribution in [0, 0.1) is 11.6 Å². The van der Waals surface area contributed by atoms with Crippen molar-refractivity contribution < 1.29 is 31.5 Å². The second-order valence-electron chi connectivity index (χ2n) is 8.07. The molecule has 0 aliphatic rings. The Morgan fingerprint density at radius 2 is 1.59 bits per heavy atom. The average Bonchev–Trinajstić information content (AvgIpc) is 2.90. The Kier molecular flexibility index (Phi) is 8.82. The topological polar surface area (TPSA) is 96.0 Å². The summed E-state index contributed by atoms with van der Waals surface area (Å²) in [6, 6.07) is 14.9. The first-order chi connectivity index (χ1) is 17.6. The van der Waals surface area contributed by atoms with Crippen LogP contribution in [0.5, 0.6) is 5.75 Å². The van der Waals surface area contributed by atoms with Crippen molar-refractivity contribution in [2.24, 2.45) is 0 Å². The summed E-state index contributed by atoms with van der Waals surface area (Å²) in [4.78, 5) is 27.0. The molecule has 1 N–H and O–H groups in total. The minimum atomic E-state index is -4.32. The fourth-order valence-corrected chi connectivity index (χ4v) is 5.03. The summed E-state index contributed by atoms with van der Waals surface area (Å²) in [5, 5.41) is 2.45. The maximum Gasteiger partial charge on any atom is 0.264 e. The summed E-state index contributed by atoms with van der Waals surface area (Å²) in [7, 11) is -1.49. The number of carbonyl (C=O) groups is 2. The van der Waals surface area contributed by atoms with Crippen molar-refractivity contribution in [3.63, 3.8) is 0 Å². The fourth-order valence-electron chi connectivity index (χ4n) is 3.61. The van der Waals surface area contributed by atoms with E-state index in [4.69, 9.17) is 4.74 Å². The molecule has 0 saturated heterocycles. The Hall–Kier alpha value is -3.99. The first-order valence-electron chi connectivity index (χ1n) is 11.2. The van der Waals surface area contributed by atoms with Crippen LogP contribution in [0.1, 0.15) is 12.5 Å². The normalized spacial score (nSPS) is 11.9. The summed E-state index contributed by atoms with van der Waals surface area (Å²) >= 11 is 0. The van der Waals surface area contributed by atoms with Gasteiger partial charge in [0.25, 0.3) is 10.0 Å². The van der Waals surface area contributed by atoms with Gasteiger partial charge in [-0.05, 0) is 61.5 Å². The Bertz CT molecular complexity index is 1350. The highest BCUT2D eigenvalue weighted by molar-refractivity contribution is 7.92. The third kappa shape index (κ3) is 6.42. The molecule has 3 rings (SSSR count). The maximum absolute atomic E-state index is 14.4. The highest BCUT2D eigenvalue weighted by Gasteiger charge is 2.32. The van der Waals surface area contributed by atoms with Gasteiger partial charge >= 0.3 is 0 Å². The van der Waals surface area contributed by atoms with Gasteiger partial charge in [0.1, 0.15) is 30.0 Å². The number of methoxy groups -OCH3 is 1. The molecule has 1 atom stereocenters. The monoisotopic (exact) mass is 531 g/mol. The quantitative estimate of drug-likeness (QED) is 0.433. The Morgan fingerprint density at radius 1 is 0.973 bits per heavy atom. The molecule has 0 heterocycles. The number of anilines is 1. The molecule has 3 aromatic rings. The first-order valence-corrected chi connectivity index (χ1v) is 12.7. The lowest BCUT2D eigenvalue weighted by Gasteiger charge is -2.31. The SMILES string of the molecule is CNC(=O)C(C)N(Cc1ccccc1F)C(=O)CN(c1ccc(F)cc1)S(=O)(=O)c1ccc(OC)cc1. The van der Waals surface area contributed by atoms with Crippen LogP contribution in [0.25, 0.3) is 0 Å². The van der Waals surface area contributed by atoms with E-state index in [1.54, 1.807) is 6.07 Å². The largest absolute Gasteiger partial charge is 0.497 e. The minimum Gasteiger partial charge on any atom is -0.497 e. The molecule has 0 bridgehead atoms. The van der Waals surface area contributed by atoms with E-state index >= 15 is 0 Å². The number of hydrogen-bond donors (Lipinski definition) is 1. The van der Waals surface area contributed by atoms with Gasteiger partial charge in [-0.1, -0.05) is 18.2 Å². The number of ether oxygens (including phenoxy) is 1. The van der Waals surface area contributed by atoms with Crippen molar-refractivity contribution in [2.75, 3.05) is 25.0 Å². The molecule has 3 aromatic carbocycles. The zero-order chi connectivity index (χ0) is 27.2. The van der Waals surface area contributed by atoms with Crippen LogP contribution in [-0.4, -0.2) is 51.9 Å². The molecule has 8 nitrogen and oxygen atoms in total. The van der Waals surface area contributed by atoms with E-state index in [1.807, 2.05) is 0 Å². The molecule has 1 unspecified atom stereocenters. The zero-order valence-corrected chi connectivity index (χ0v) is 21.3. The van der Waals surface area contributed by atoms with Gasteiger partial charge in [-0.2, -0.15) is 0 Å². The molecule has 0 radical (unpaired) electrons. The summed E-state index contributed by atoms with van der Waals surface area (Å²) in [6.07, 6.45) is 0. The summed E-state index contributed by atoms with van der Waals surface area (Å²) in [5.74, 6) is -2.02. The lowest BCUT2D eigenvalue weighted by Crippen LogP contribution is -2.50. The number of rotatable bonds is 10.